The maximum absolute atomic E-state index is 12.5. The van der Waals surface area contributed by atoms with Crippen LogP contribution in [0.25, 0.3) is 17.4 Å². The summed E-state index contributed by atoms with van der Waals surface area (Å²) in [5, 5.41) is 10.00. The highest BCUT2D eigenvalue weighted by molar-refractivity contribution is 8.26. The molecule has 3 rings (SSSR count). The number of hydrogen-bond donors (Lipinski definition) is 1. The van der Waals surface area contributed by atoms with Crippen LogP contribution in [0.2, 0.25) is 10.0 Å². The van der Waals surface area contributed by atoms with E-state index in [4.69, 9.17) is 44.9 Å². The summed E-state index contributed by atoms with van der Waals surface area (Å²) >= 11 is 18.5. The number of amides is 1. The Morgan fingerprint density at radius 3 is 2.58 bits per heavy atom. The molecule has 0 radical (unpaired) electrons. The molecule has 2 heterocycles. The smallest absolute Gasteiger partial charge is 0.326 e. The molecular formula is C17H11Cl2NO4S2. The minimum absolute atomic E-state index is 0.192. The molecule has 1 aliphatic heterocycles. The largest absolute Gasteiger partial charge is 0.480 e. The number of carboxylic acid groups (broad SMARTS) is 1. The maximum Gasteiger partial charge on any atom is 0.326 e. The van der Waals surface area contributed by atoms with E-state index in [0.717, 1.165) is 16.7 Å². The maximum atomic E-state index is 12.5. The number of aliphatic carboxylic acids is 1. The molecule has 0 saturated carbocycles. The average molecular weight is 428 g/mol. The number of rotatable bonds is 4. The molecule has 1 amide bonds. The summed E-state index contributed by atoms with van der Waals surface area (Å²) in [5.41, 5.74) is 0.558. The average Bonchev–Trinajstić information content (AvgIpc) is 3.12. The lowest BCUT2D eigenvalue weighted by atomic mass is 10.2. The molecule has 0 bridgehead atoms. The number of benzene rings is 1. The molecule has 1 N–H and O–H groups in total. The van der Waals surface area contributed by atoms with Crippen LogP contribution in [0.5, 0.6) is 0 Å². The predicted octanol–water partition coefficient (Wildman–Crippen LogP) is 4.93. The van der Waals surface area contributed by atoms with Crippen LogP contribution in [0.15, 0.2) is 39.7 Å². The van der Waals surface area contributed by atoms with Crippen LogP contribution in [0.3, 0.4) is 0 Å². The van der Waals surface area contributed by atoms with Crippen LogP contribution in [0, 0.1) is 0 Å². The normalized spacial score (nSPS) is 17.2. The zero-order chi connectivity index (χ0) is 19.0. The second kappa shape index (κ2) is 7.44. The van der Waals surface area contributed by atoms with Gasteiger partial charge in [-0.05, 0) is 31.2 Å². The first-order valence-corrected chi connectivity index (χ1v) is 9.31. The SMILES string of the molecule is CC(C(=O)O)N1C(=O)/C(=C/c2ccc(-c3c(Cl)cccc3Cl)o2)SC1=S. The summed E-state index contributed by atoms with van der Waals surface area (Å²) in [6.45, 7) is 1.40. The molecule has 1 unspecified atom stereocenters. The van der Waals surface area contributed by atoms with Gasteiger partial charge in [0.05, 0.1) is 20.5 Å². The molecule has 26 heavy (non-hydrogen) atoms. The second-order valence-corrected chi connectivity index (χ2v) is 7.85. The highest BCUT2D eigenvalue weighted by Crippen LogP contribution is 2.38. The Hall–Kier alpha value is -1.80. The topological polar surface area (TPSA) is 70.8 Å². The third-order valence-electron chi connectivity index (χ3n) is 3.68. The van der Waals surface area contributed by atoms with E-state index in [2.05, 4.69) is 0 Å². The van der Waals surface area contributed by atoms with Crippen LogP contribution in [0.4, 0.5) is 0 Å². The predicted molar refractivity (Wildman–Crippen MR) is 106 cm³/mol. The van der Waals surface area contributed by atoms with Crippen LogP contribution in [-0.2, 0) is 9.59 Å². The van der Waals surface area contributed by atoms with Gasteiger partial charge in [-0.2, -0.15) is 0 Å². The van der Waals surface area contributed by atoms with Crippen LogP contribution in [-0.4, -0.2) is 32.2 Å². The summed E-state index contributed by atoms with van der Waals surface area (Å²) in [5.74, 6) is -0.736. The monoisotopic (exact) mass is 427 g/mol. The number of nitrogens with zero attached hydrogens (tertiary/aromatic N) is 1. The number of carboxylic acids is 1. The summed E-state index contributed by atoms with van der Waals surface area (Å²) in [4.78, 5) is 25.0. The van der Waals surface area contributed by atoms with E-state index in [1.54, 1.807) is 30.3 Å². The van der Waals surface area contributed by atoms with Gasteiger partial charge < -0.3 is 9.52 Å². The van der Waals surface area contributed by atoms with E-state index >= 15 is 0 Å². The van der Waals surface area contributed by atoms with Crippen molar-refractivity contribution in [3.63, 3.8) is 0 Å². The fourth-order valence-corrected chi connectivity index (χ4v) is 4.33. The van der Waals surface area contributed by atoms with E-state index in [1.165, 1.54) is 13.0 Å². The molecule has 1 aromatic heterocycles. The van der Waals surface area contributed by atoms with Gasteiger partial charge in [0.25, 0.3) is 5.91 Å². The van der Waals surface area contributed by atoms with Gasteiger partial charge in [0.1, 0.15) is 21.9 Å². The first kappa shape index (κ1) is 19.0. The fraction of sp³-hybridized carbons (Fsp3) is 0.118. The van der Waals surface area contributed by atoms with Crippen molar-refractivity contribution in [1.29, 1.82) is 0 Å². The Kier molecular flexibility index (Phi) is 5.43. The number of thioether (sulfide) groups is 1. The van der Waals surface area contributed by atoms with Crippen molar-refractivity contribution < 1.29 is 19.1 Å². The molecule has 1 atom stereocenters. The second-order valence-electron chi connectivity index (χ2n) is 5.36. The summed E-state index contributed by atoms with van der Waals surface area (Å²) in [7, 11) is 0. The van der Waals surface area contributed by atoms with E-state index < -0.39 is 17.9 Å². The van der Waals surface area contributed by atoms with E-state index in [-0.39, 0.29) is 9.23 Å². The Balaban J connectivity index is 1.91. The van der Waals surface area contributed by atoms with Gasteiger partial charge in [-0.3, -0.25) is 9.69 Å². The Morgan fingerprint density at radius 2 is 1.96 bits per heavy atom. The lowest BCUT2D eigenvalue weighted by Crippen LogP contribution is -2.41. The molecular weight excluding hydrogens is 417 g/mol. The van der Waals surface area contributed by atoms with Crippen LogP contribution in [0.1, 0.15) is 12.7 Å². The number of carbonyl (C=O) groups is 2. The van der Waals surface area contributed by atoms with Gasteiger partial charge in [-0.1, -0.05) is 53.2 Å². The number of hydrogen-bond acceptors (Lipinski definition) is 5. The highest BCUT2D eigenvalue weighted by atomic mass is 35.5. The number of thiocarbonyl (C=S) groups is 1. The van der Waals surface area contributed by atoms with Gasteiger partial charge in [-0.15, -0.1) is 0 Å². The van der Waals surface area contributed by atoms with E-state index in [9.17, 15) is 9.59 Å². The molecule has 2 aromatic rings. The van der Waals surface area contributed by atoms with Gasteiger partial charge >= 0.3 is 5.97 Å². The summed E-state index contributed by atoms with van der Waals surface area (Å²) in [6.07, 6.45) is 1.52. The fourth-order valence-electron chi connectivity index (χ4n) is 2.35. The Morgan fingerprint density at radius 1 is 1.31 bits per heavy atom. The molecule has 0 spiro atoms. The van der Waals surface area contributed by atoms with E-state index in [1.807, 2.05) is 0 Å². The highest BCUT2D eigenvalue weighted by Gasteiger charge is 2.38. The number of furan rings is 1. The standard InChI is InChI=1S/C17H11Cl2NO4S2/c1-8(16(22)23)20-15(21)13(26-17(20)25)7-9-5-6-12(24-9)14-10(18)3-2-4-11(14)19/h2-8H,1H3,(H,22,23)/b13-7-. The molecule has 1 saturated heterocycles. The molecule has 1 aromatic carbocycles. The van der Waals surface area contributed by atoms with Crippen molar-refractivity contribution in [3.8, 4) is 11.3 Å². The lowest BCUT2D eigenvalue weighted by molar-refractivity contribution is -0.144. The third kappa shape index (κ3) is 3.53. The van der Waals surface area contributed by atoms with Gasteiger partial charge in [0.15, 0.2) is 0 Å². The Bertz CT molecular complexity index is 934. The Labute approximate surface area is 168 Å². The number of halogens is 2. The summed E-state index contributed by atoms with van der Waals surface area (Å²) in [6, 6.07) is 7.45. The van der Waals surface area contributed by atoms with Gasteiger partial charge in [0, 0.05) is 6.08 Å². The van der Waals surface area contributed by atoms with Crippen molar-refractivity contribution in [2.24, 2.45) is 0 Å². The van der Waals surface area contributed by atoms with Crippen LogP contribution >= 0.6 is 47.2 Å². The van der Waals surface area contributed by atoms with Crippen molar-refractivity contribution in [2.75, 3.05) is 0 Å². The zero-order valence-electron chi connectivity index (χ0n) is 13.2. The molecule has 134 valence electrons. The van der Waals surface area contributed by atoms with Crippen molar-refractivity contribution in [3.05, 3.63) is 51.0 Å². The molecule has 1 fully saturated rings. The first-order chi connectivity index (χ1) is 12.3. The minimum Gasteiger partial charge on any atom is -0.480 e. The van der Waals surface area contributed by atoms with Gasteiger partial charge in [0.2, 0.25) is 0 Å². The van der Waals surface area contributed by atoms with Crippen LogP contribution < -0.4 is 0 Å². The number of carbonyl (C=O) groups excluding carboxylic acids is 1. The van der Waals surface area contributed by atoms with Crippen molar-refractivity contribution in [1.82, 2.24) is 4.90 Å². The minimum atomic E-state index is -1.13. The first-order valence-electron chi connectivity index (χ1n) is 7.33. The lowest BCUT2D eigenvalue weighted by Gasteiger charge is -2.18. The van der Waals surface area contributed by atoms with Crippen molar-refractivity contribution in [2.45, 2.75) is 13.0 Å². The zero-order valence-corrected chi connectivity index (χ0v) is 16.4. The van der Waals surface area contributed by atoms with Gasteiger partial charge in [-0.25, -0.2) is 4.79 Å². The third-order valence-corrected chi connectivity index (χ3v) is 5.64. The molecule has 9 heteroatoms. The molecule has 5 nitrogen and oxygen atoms in total. The van der Waals surface area contributed by atoms with Crippen molar-refractivity contribution >= 4 is 69.5 Å². The summed E-state index contributed by atoms with van der Waals surface area (Å²) < 4.78 is 5.92. The quantitative estimate of drug-likeness (QED) is 0.550. The van der Waals surface area contributed by atoms with E-state index in [0.29, 0.717) is 27.1 Å². The molecule has 1 aliphatic rings. The molecule has 0 aliphatic carbocycles.